The lowest BCUT2D eigenvalue weighted by Gasteiger charge is -2.45. The molecule has 0 fully saturated rings. The van der Waals surface area contributed by atoms with Gasteiger partial charge in [-0.1, -0.05) is 182 Å². The Kier molecular flexibility index (Phi) is 8.65. The summed E-state index contributed by atoms with van der Waals surface area (Å²) in [4.78, 5) is 12.8. The molecule has 0 radical (unpaired) electrons. The number of para-hydroxylation sites is 3. The summed E-state index contributed by atoms with van der Waals surface area (Å²) in [5.74, 6) is 0.706. The van der Waals surface area contributed by atoms with Crippen molar-refractivity contribution in [1.29, 1.82) is 0 Å². The zero-order chi connectivity index (χ0) is 41.0. The van der Waals surface area contributed by atoms with Crippen LogP contribution in [0.5, 0.6) is 0 Å². The second-order valence-electron chi connectivity index (χ2n) is 16.0. The zero-order valence-corrected chi connectivity index (χ0v) is 34.6. The van der Waals surface area contributed by atoms with Crippen molar-refractivity contribution in [3.05, 3.63) is 257 Å². The van der Waals surface area contributed by atoms with E-state index in [-0.39, 0.29) is 0 Å². The highest BCUT2D eigenvalue weighted by atomic mass is 32.1. The molecule has 1 aliphatic carbocycles. The lowest BCUT2D eigenvalue weighted by atomic mass is 9.64. The number of hydrogen-bond donors (Lipinski definition) is 0. The maximum atomic E-state index is 5.27. The smallest absolute Gasteiger partial charge is 0.154 e. The predicted molar refractivity (Wildman–Crippen MR) is 261 cm³/mol. The molecule has 0 amide bonds. The zero-order valence-electron chi connectivity index (χ0n) is 33.8. The predicted octanol–water partition coefficient (Wildman–Crippen LogP) is 14.9. The van der Waals surface area contributed by atoms with Crippen LogP contribution in [0.1, 0.15) is 38.9 Å². The monoisotopic (exact) mass is 809 g/mol. The molecule has 10 aromatic rings. The summed E-state index contributed by atoms with van der Waals surface area (Å²) in [6.07, 6.45) is 2.05. The fourth-order valence-electron chi connectivity index (χ4n) is 10.0. The van der Waals surface area contributed by atoms with Crippen molar-refractivity contribution in [2.75, 3.05) is 4.90 Å². The van der Waals surface area contributed by atoms with E-state index in [9.17, 15) is 0 Å². The van der Waals surface area contributed by atoms with E-state index < -0.39 is 5.41 Å². The van der Waals surface area contributed by atoms with Gasteiger partial charge in [0.15, 0.2) is 5.84 Å². The van der Waals surface area contributed by atoms with Gasteiger partial charge in [-0.25, -0.2) is 4.99 Å². The van der Waals surface area contributed by atoms with E-state index >= 15 is 0 Å². The first-order valence-corrected chi connectivity index (χ1v) is 22.0. The molecule has 12 rings (SSSR count). The average Bonchev–Trinajstić information content (AvgIpc) is 3.87. The van der Waals surface area contributed by atoms with Gasteiger partial charge in [0.2, 0.25) is 0 Å². The first-order valence-electron chi connectivity index (χ1n) is 21.2. The third kappa shape index (κ3) is 5.64. The minimum absolute atomic E-state index is 0.541. The summed E-state index contributed by atoms with van der Waals surface area (Å²) in [5, 5.41) is 2.60. The highest BCUT2D eigenvalue weighted by molar-refractivity contribution is 7.26. The normalized spacial score (nSPS) is 13.7. The van der Waals surface area contributed by atoms with Crippen LogP contribution >= 0.6 is 11.3 Å². The fraction of sp³-hybridized carbons (Fsp3) is 0.0345. The summed E-state index contributed by atoms with van der Waals surface area (Å²) in [6, 6.07) is 79.1. The number of amidine groups is 1. The Hall–Kier alpha value is -7.66. The van der Waals surface area contributed by atoms with Crippen molar-refractivity contribution >= 4 is 60.6 Å². The van der Waals surface area contributed by atoms with E-state index in [1.165, 1.54) is 76.1 Å². The van der Waals surface area contributed by atoms with Gasteiger partial charge in [-0.2, -0.15) is 0 Å². The molecule has 1 aromatic heterocycles. The van der Waals surface area contributed by atoms with E-state index in [2.05, 4.69) is 217 Å². The molecule has 9 aromatic carbocycles. The summed E-state index contributed by atoms with van der Waals surface area (Å²) in [6.45, 7) is 0.541. The summed E-state index contributed by atoms with van der Waals surface area (Å²) in [5.41, 5.74) is 16.0. The van der Waals surface area contributed by atoms with Crippen molar-refractivity contribution in [3.8, 4) is 22.3 Å². The third-order valence-electron chi connectivity index (χ3n) is 12.6. The Bertz CT molecular complexity index is 3340. The molecule has 3 nitrogen and oxygen atoms in total. The molecule has 292 valence electrons. The van der Waals surface area contributed by atoms with Gasteiger partial charge in [-0.05, 0) is 86.5 Å². The van der Waals surface area contributed by atoms with E-state index in [0.29, 0.717) is 12.4 Å². The van der Waals surface area contributed by atoms with Crippen LogP contribution in [0.4, 0.5) is 17.1 Å². The van der Waals surface area contributed by atoms with Gasteiger partial charge in [0.05, 0.1) is 23.3 Å². The Balaban J connectivity index is 1.12. The minimum atomic E-state index is -0.598. The molecular formula is C58H39N3S. The topological polar surface area (TPSA) is 28.0 Å². The van der Waals surface area contributed by atoms with E-state index in [1.54, 1.807) is 0 Å². The van der Waals surface area contributed by atoms with Crippen molar-refractivity contribution in [2.24, 2.45) is 9.98 Å². The van der Waals surface area contributed by atoms with Crippen LogP contribution < -0.4 is 4.90 Å². The molecule has 2 aliphatic rings. The molecule has 0 saturated carbocycles. The fourth-order valence-corrected chi connectivity index (χ4v) is 11.3. The molecule has 0 unspecified atom stereocenters. The SMILES string of the molecule is C(=NC(=NCc1ccccc1)c1ccccc1)c1cccc2c1-c1cc(-c3cccc4c3sc3ccccc34)ccc1C21c2ccccc2N(c2ccccc2)c2ccccc21. The molecule has 4 heteroatoms. The van der Waals surface area contributed by atoms with E-state index in [4.69, 9.17) is 9.98 Å². The van der Waals surface area contributed by atoms with Crippen LogP contribution in [-0.4, -0.2) is 12.1 Å². The molecular weight excluding hydrogens is 771 g/mol. The van der Waals surface area contributed by atoms with Gasteiger partial charge in [0.25, 0.3) is 0 Å². The van der Waals surface area contributed by atoms with Crippen LogP contribution in [-0.2, 0) is 12.0 Å². The Morgan fingerprint density at radius 1 is 0.516 bits per heavy atom. The largest absolute Gasteiger partial charge is 0.310 e. The van der Waals surface area contributed by atoms with E-state index in [0.717, 1.165) is 22.4 Å². The number of nitrogens with zero attached hydrogens (tertiary/aromatic N) is 3. The highest BCUT2D eigenvalue weighted by Crippen LogP contribution is 2.64. The van der Waals surface area contributed by atoms with Crippen molar-refractivity contribution in [2.45, 2.75) is 12.0 Å². The minimum Gasteiger partial charge on any atom is -0.310 e. The Labute approximate surface area is 365 Å². The first kappa shape index (κ1) is 36.2. The average molecular weight is 810 g/mol. The van der Waals surface area contributed by atoms with Crippen LogP contribution in [0.2, 0.25) is 0 Å². The van der Waals surface area contributed by atoms with Gasteiger partial charge < -0.3 is 4.90 Å². The molecule has 0 N–H and O–H groups in total. The van der Waals surface area contributed by atoms with Gasteiger partial charge in [0.1, 0.15) is 0 Å². The summed E-state index contributed by atoms with van der Waals surface area (Å²) >= 11 is 1.88. The lowest BCUT2D eigenvalue weighted by Crippen LogP contribution is -2.36. The highest BCUT2D eigenvalue weighted by Gasteiger charge is 2.52. The number of benzene rings is 9. The number of thiophene rings is 1. The van der Waals surface area contributed by atoms with Crippen LogP contribution in [0.15, 0.2) is 228 Å². The second-order valence-corrected chi connectivity index (χ2v) is 17.1. The molecule has 0 bridgehead atoms. The maximum Gasteiger partial charge on any atom is 0.154 e. The van der Waals surface area contributed by atoms with Crippen molar-refractivity contribution < 1.29 is 0 Å². The molecule has 1 spiro atoms. The molecule has 0 saturated heterocycles. The van der Waals surface area contributed by atoms with Crippen molar-refractivity contribution in [3.63, 3.8) is 0 Å². The Morgan fingerprint density at radius 2 is 1.15 bits per heavy atom. The number of aliphatic imine (C=N–C) groups is 2. The molecule has 62 heavy (non-hydrogen) atoms. The van der Waals surface area contributed by atoms with Crippen molar-refractivity contribution in [1.82, 2.24) is 0 Å². The summed E-state index contributed by atoms with van der Waals surface area (Å²) in [7, 11) is 0. The van der Waals surface area contributed by atoms with Crippen LogP contribution in [0.25, 0.3) is 42.4 Å². The molecule has 0 atom stereocenters. The maximum absolute atomic E-state index is 5.27. The quantitative estimate of drug-likeness (QED) is 0.121. The molecule has 1 aliphatic heterocycles. The van der Waals surface area contributed by atoms with Gasteiger partial charge >= 0.3 is 0 Å². The standard InChI is InChI=1S/C58H39N3S/c1-4-18-39(19-5-1)37-59-57(40-20-6-2-7-21-40)60-38-42-22-16-30-51-55(42)47-36-41(44-26-17-27-46-45-25-10-15-33-54(45)62-56(44)46)34-35-48(47)58(51)49-28-11-13-31-52(49)61(43-23-8-3-9-24-43)53-32-14-12-29-50(53)58/h1-36,38H,37H2. The first-order chi connectivity index (χ1) is 30.8. The summed E-state index contributed by atoms with van der Waals surface area (Å²) < 4.78 is 2.62. The lowest BCUT2D eigenvalue weighted by molar-refractivity contribution is 0.752. The van der Waals surface area contributed by atoms with Gasteiger partial charge in [0, 0.05) is 43.2 Å². The number of hydrogen-bond acceptors (Lipinski definition) is 3. The van der Waals surface area contributed by atoms with Gasteiger partial charge in [-0.15, -0.1) is 11.3 Å². The Morgan fingerprint density at radius 3 is 1.92 bits per heavy atom. The van der Waals surface area contributed by atoms with Gasteiger partial charge in [-0.3, -0.25) is 4.99 Å². The van der Waals surface area contributed by atoms with E-state index in [1.807, 2.05) is 23.5 Å². The number of rotatable bonds is 6. The van der Waals surface area contributed by atoms with Crippen LogP contribution in [0, 0.1) is 0 Å². The number of fused-ring (bicyclic) bond motifs is 12. The molecule has 2 heterocycles. The third-order valence-corrected chi connectivity index (χ3v) is 13.9. The van der Waals surface area contributed by atoms with Crippen LogP contribution in [0.3, 0.4) is 0 Å². The number of anilines is 3. The second kappa shape index (κ2) is 14.8.